The zero-order valence-corrected chi connectivity index (χ0v) is 15.3. The van der Waals surface area contributed by atoms with Gasteiger partial charge in [-0.15, -0.1) is 0 Å². The van der Waals surface area contributed by atoms with Crippen LogP contribution in [0.1, 0.15) is 53.9 Å². The van der Waals surface area contributed by atoms with Gasteiger partial charge < -0.3 is 23.1 Å². The standard InChI is InChI=1S/C15H32O5Si/c1-6-14(16-8-3)21(19-9-4,20-10-5)15(7-2)17-12-11-13-18-15/h14H,6-13H2,1-5H3. The number of rotatable bonds is 10. The van der Waals surface area contributed by atoms with Crippen molar-refractivity contribution in [2.45, 2.75) is 65.0 Å². The summed E-state index contributed by atoms with van der Waals surface area (Å²) in [5, 5.41) is 0. The van der Waals surface area contributed by atoms with E-state index in [-0.39, 0.29) is 5.73 Å². The molecule has 1 aliphatic heterocycles. The average Bonchev–Trinajstić information content (AvgIpc) is 2.53. The van der Waals surface area contributed by atoms with Gasteiger partial charge in [-0.2, -0.15) is 0 Å². The van der Waals surface area contributed by atoms with Crippen LogP contribution in [-0.4, -0.2) is 52.7 Å². The number of hydrogen-bond acceptors (Lipinski definition) is 5. The summed E-state index contributed by atoms with van der Waals surface area (Å²) in [5.74, 6) is 0. The Morgan fingerprint density at radius 3 is 1.90 bits per heavy atom. The van der Waals surface area contributed by atoms with Crippen LogP contribution in [0.2, 0.25) is 0 Å². The fourth-order valence-corrected chi connectivity index (χ4v) is 7.31. The molecular formula is C15H32O5Si. The summed E-state index contributed by atoms with van der Waals surface area (Å²) in [7, 11) is -2.86. The molecule has 0 aromatic rings. The highest BCUT2D eigenvalue weighted by molar-refractivity contribution is 6.71. The van der Waals surface area contributed by atoms with Crippen LogP contribution in [0.25, 0.3) is 0 Å². The van der Waals surface area contributed by atoms with Crippen LogP contribution < -0.4 is 0 Å². The van der Waals surface area contributed by atoms with Crippen LogP contribution in [0.5, 0.6) is 0 Å². The van der Waals surface area contributed by atoms with Crippen LogP contribution in [0.3, 0.4) is 0 Å². The Morgan fingerprint density at radius 1 is 0.952 bits per heavy atom. The van der Waals surface area contributed by atoms with E-state index in [0.29, 0.717) is 39.5 Å². The Hall–Kier alpha value is 0.0169. The summed E-state index contributed by atoms with van der Waals surface area (Å²) in [6.45, 7) is 13.3. The molecule has 0 amide bonds. The lowest BCUT2D eigenvalue weighted by molar-refractivity contribution is -0.244. The summed E-state index contributed by atoms with van der Waals surface area (Å²) in [6.07, 6.45) is 2.45. The highest BCUT2D eigenvalue weighted by atomic mass is 28.4. The Labute approximate surface area is 130 Å². The average molecular weight is 321 g/mol. The molecule has 6 heteroatoms. The molecule has 1 rings (SSSR count). The molecule has 1 heterocycles. The highest BCUT2D eigenvalue weighted by Gasteiger charge is 2.65. The second-order valence-corrected chi connectivity index (χ2v) is 8.36. The van der Waals surface area contributed by atoms with Crippen molar-refractivity contribution >= 4 is 8.56 Å². The molecule has 1 unspecified atom stereocenters. The van der Waals surface area contributed by atoms with Crippen molar-refractivity contribution in [1.29, 1.82) is 0 Å². The van der Waals surface area contributed by atoms with Crippen molar-refractivity contribution in [2.24, 2.45) is 0 Å². The molecule has 0 saturated carbocycles. The summed E-state index contributed by atoms with van der Waals surface area (Å²) in [6, 6.07) is 0. The maximum absolute atomic E-state index is 6.25. The Bertz CT molecular complexity index is 275. The van der Waals surface area contributed by atoms with Gasteiger partial charge in [-0.05, 0) is 33.6 Å². The molecular weight excluding hydrogens is 288 g/mol. The van der Waals surface area contributed by atoms with Gasteiger partial charge >= 0.3 is 8.56 Å². The Balaban J connectivity index is 3.23. The van der Waals surface area contributed by atoms with Crippen LogP contribution >= 0.6 is 0 Å². The second-order valence-electron chi connectivity index (χ2n) is 5.04. The van der Waals surface area contributed by atoms with Crippen LogP contribution in [0.15, 0.2) is 0 Å². The second kappa shape index (κ2) is 9.22. The predicted octanol–water partition coefficient (Wildman–Crippen LogP) is 2.94. The van der Waals surface area contributed by atoms with Gasteiger partial charge in [0.1, 0.15) is 5.73 Å². The molecule has 0 aliphatic carbocycles. The van der Waals surface area contributed by atoms with Gasteiger partial charge in [0.25, 0.3) is 0 Å². The Morgan fingerprint density at radius 2 is 1.52 bits per heavy atom. The fraction of sp³-hybridized carbons (Fsp3) is 1.00. The SMILES string of the molecule is CCOC(CC)[Si](OCC)(OCC)C1(CC)OCCCO1. The summed E-state index contributed by atoms with van der Waals surface area (Å²) >= 11 is 0. The zero-order chi connectivity index (χ0) is 15.8. The summed E-state index contributed by atoms with van der Waals surface area (Å²) in [4.78, 5) is 0. The monoisotopic (exact) mass is 320 g/mol. The van der Waals surface area contributed by atoms with Gasteiger partial charge in [-0.25, -0.2) is 0 Å². The molecule has 5 nitrogen and oxygen atoms in total. The molecule has 1 aliphatic rings. The maximum Gasteiger partial charge on any atom is 0.429 e. The molecule has 0 aromatic heterocycles. The Kier molecular flexibility index (Phi) is 8.37. The van der Waals surface area contributed by atoms with Gasteiger partial charge in [0.2, 0.25) is 5.41 Å². The van der Waals surface area contributed by atoms with E-state index in [1.54, 1.807) is 0 Å². The van der Waals surface area contributed by atoms with E-state index in [9.17, 15) is 0 Å². The van der Waals surface area contributed by atoms with Crippen LogP contribution in [0, 0.1) is 0 Å². The smallest absolute Gasteiger partial charge is 0.390 e. The fourth-order valence-electron chi connectivity index (χ4n) is 3.05. The molecule has 0 aromatic carbocycles. The van der Waals surface area contributed by atoms with E-state index >= 15 is 0 Å². The van der Waals surface area contributed by atoms with E-state index in [4.69, 9.17) is 23.1 Å². The van der Waals surface area contributed by atoms with E-state index in [2.05, 4.69) is 13.8 Å². The molecule has 1 fully saturated rings. The normalized spacial score (nSPS) is 20.4. The predicted molar refractivity (Wildman–Crippen MR) is 84.3 cm³/mol. The van der Waals surface area contributed by atoms with Crippen LogP contribution in [-0.2, 0) is 23.1 Å². The molecule has 0 radical (unpaired) electrons. The van der Waals surface area contributed by atoms with Gasteiger partial charge in [-0.3, -0.25) is 0 Å². The first-order valence-electron chi connectivity index (χ1n) is 8.33. The van der Waals surface area contributed by atoms with Gasteiger partial charge in [0, 0.05) is 26.2 Å². The van der Waals surface area contributed by atoms with Crippen molar-refractivity contribution < 1.29 is 23.1 Å². The van der Waals surface area contributed by atoms with Gasteiger partial charge in [0.15, 0.2) is 0 Å². The van der Waals surface area contributed by atoms with Gasteiger partial charge in [-0.1, -0.05) is 13.8 Å². The minimum absolute atomic E-state index is 0.0968. The first-order valence-corrected chi connectivity index (χ1v) is 10.2. The minimum atomic E-state index is -2.86. The van der Waals surface area contributed by atoms with E-state index in [1.807, 2.05) is 20.8 Å². The minimum Gasteiger partial charge on any atom is -0.390 e. The highest BCUT2D eigenvalue weighted by Crippen LogP contribution is 2.38. The van der Waals surface area contributed by atoms with Crippen molar-refractivity contribution in [3.63, 3.8) is 0 Å². The van der Waals surface area contributed by atoms with Crippen molar-refractivity contribution in [3.8, 4) is 0 Å². The largest absolute Gasteiger partial charge is 0.429 e. The number of ether oxygens (including phenoxy) is 3. The first-order chi connectivity index (χ1) is 10.2. The third-order valence-electron chi connectivity index (χ3n) is 3.84. The topological polar surface area (TPSA) is 46.2 Å². The molecule has 21 heavy (non-hydrogen) atoms. The maximum atomic E-state index is 6.25. The molecule has 0 bridgehead atoms. The molecule has 126 valence electrons. The first kappa shape index (κ1) is 19.1. The van der Waals surface area contributed by atoms with E-state index in [1.165, 1.54) is 0 Å². The lowest BCUT2D eigenvalue weighted by atomic mass is 10.4. The van der Waals surface area contributed by atoms with E-state index < -0.39 is 14.0 Å². The third-order valence-corrected chi connectivity index (χ3v) is 8.40. The van der Waals surface area contributed by atoms with Crippen LogP contribution in [0.4, 0.5) is 0 Å². The van der Waals surface area contributed by atoms with Crippen molar-refractivity contribution in [2.75, 3.05) is 33.0 Å². The van der Waals surface area contributed by atoms with E-state index in [0.717, 1.165) is 12.8 Å². The van der Waals surface area contributed by atoms with Crippen molar-refractivity contribution in [3.05, 3.63) is 0 Å². The van der Waals surface area contributed by atoms with Gasteiger partial charge in [0.05, 0.1) is 13.2 Å². The lowest BCUT2D eigenvalue weighted by Crippen LogP contribution is -2.73. The quantitative estimate of drug-likeness (QED) is 0.579. The number of hydrogen-bond donors (Lipinski definition) is 0. The zero-order valence-electron chi connectivity index (χ0n) is 14.3. The lowest BCUT2D eigenvalue weighted by Gasteiger charge is -2.50. The third kappa shape index (κ3) is 3.86. The molecule has 0 spiro atoms. The summed E-state index contributed by atoms with van der Waals surface area (Å²) in [5.41, 5.74) is -0.868. The summed E-state index contributed by atoms with van der Waals surface area (Å²) < 4.78 is 30.7. The molecule has 1 atom stereocenters. The molecule has 0 N–H and O–H groups in total. The molecule has 1 saturated heterocycles. The van der Waals surface area contributed by atoms with Crippen molar-refractivity contribution in [1.82, 2.24) is 0 Å².